The van der Waals surface area contributed by atoms with E-state index >= 15 is 0 Å². The SMILES string of the molecule is Cc1cc(Nc2ncc(F)c(-c3cnc(C)n3C(C)C)n2)ccc1C(=O)N1CC[C@@H](N(C)C)C1. The van der Waals surface area contributed by atoms with E-state index in [-0.39, 0.29) is 23.6 Å². The summed E-state index contributed by atoms with van der Waals surface area (Å²) in [5, 5.41) is 3.15. The molecule has 2 aromatic heterocycles. The number of anilines is 2. The molecule has 1 aliphatic heterocycles. The van der Waals surface area contributed by atoms with E-state index in [1.54, 1.807) is 6.20 Å². The van der Waals surface area contributed by atoms with Gasteiger partial charge in [-0.15, -0.1) is 0 Å². The number of amides is 1. The maximum Gasteiger partial charge on any atom is 0.254 e. The first-order valence-electron chi connectivity index (χ1n) is 11.6. The number of aromatic nitrogens is 4. The molecule has 1 atom stereocenters. The molecule has 0 unspecified atom stereocenters. The lowest BCUT2D eigenvalue weighted by molar-refractivity contribution is 0.0782. The first-order valence-corrected chi connectivity index (χ1v) is 11.6. The Hall–Kier alpha value is -3.33. The summed E-state index contributed by atoms with van der Waals surface area (Å²) in [6.07, 6.45) is 3.78. The van der Waals surface area contributed by atoms with E-state index < -0.39 is 5.82 Å². The maximum absolute atomic E-state index is 14.6. The van der Waals surface area contributed by atoms with Gasteiger partial charge < -0.3 is 19.7 Å². The number of carbonyl (C=O) groups is 1. The van der Waals surface area contributed by atoms with E-state index in [1.165, 1.54) is 0 Å². The molecule has 8 nitrogen and oxygen atoms in total. The molecular weight excluding hydrogens is 433 g/mol. The fraction of sp³-hybridized carbons (Fsp3) is 0.440. The monoisotopic (exact) mass is 465 g/mol. The molecule has 1 amide bonds. The predicted molar refractivity (Wildman–Crippen MR) is 131 cm³/mol. The highest BCUT2D eigenvalue weighted by Crippen LogP contribution is 2.27. The zero-order chi connectivity index (χ0) is 24.6. The van der Waals surface area contributed by atoms with E-state index in [1.807, 2.05) is 69.5 Å². The summed E-state index contributed by atoms with van der Waals surface area (Å²) in [6, 6.07) is 6.05. The van der Waals surface area contributed by atoms with E-state index in [0.29, 0.717) is 17.3 Å². The number of halogens is 1. The van der Waals surface area contributed by atoms with Gasteiger partial charge in [0, 0.05) is 36.4 Å². The van der Waals surface area contributed by atoms with Crippen LogP contribution in [-0.2, 0) is 0 Å². The third kappa shape index (κ3) is 4.65. The molecule has 1 N–H and O–H groups in total. The van der Waals surface area contributed by atoms with Gasteiger partial charge in [0.15, 0.2) is 5.82 Å². The molecule has 0 bridgehead atoms. The van der Waals surface area contributed by atoms with Gasteiger partial charge >= 0.3 is 0 Å². The van der Waals surface area contributed by atoms with Crippen molar-refractivity contribution in [2.24, 2.45) is 0 Å². The van der Waals surface area contributed by atoms with Crippen LogP contribution in [-0.4, -0.2) is 68.5 Å². The fourth-order valence-electron chi connectivity index (χ4n) is 4.52. The fourth-order valence-corrected chi connectivity index (χ4v) is 4.52. The molecule has 0 aliphatic carbocycles. The molecular formula is C25H32FN7O. The van der Waals surface area contributed by atoms with Crippen LogP contribution in [0.5, 0.6) is 0 Å². The highest BCUT2D eigenvalue weighted by Gasteiger charge is 2.28. The van der Waals surface area contributed by atoms with Crippen molar-refractivity contribution in [1.82, 2.24) is 29.3 Å². The number of nitrogens with one attached hydrogen (secondary N) is 1. The van der Waals surface area contributed by atoms with Crippen LogP contribution in [0.4, 0.5) is 16.0 Å². The van der Waals surface area contributed by atoms with Crippen LogP contribution >= 0.6 is 0 Å². The van der Waals surface area contributed by atoms with Gasteiger partial charge in [0.05, 0.1) is 18.1 Å². The molecule has 1 saturated heterocycles. The van der Waals surface area contributed by atoms with E-state index in [9.17, 15) is 9.18 Å². The van der Waals surface area contributed by atoms with Crippen molar-refractivity contribution in [3.63, 3.8) is 0 Å². The van der Waals surface area contributed by atoms with Crippen LogP contribution in [0.25, 0.3) is 11.4 Å². The zero-order valence-electron chi connectivity index (χ0n) is 20.6. The highest BCUT2D eigenvalue weighted by molar-refractivity contribution is 5.96. The number of hydrogen-bond donors (Lipinski definition) is 1. The van der Waals surface area contributed by atoms with Crippen LogP contribution < -0.4 is 5.32 Å². The van der Waals surface area contributed by atoms with Crippen molar-refractivity contribution in [3.05, 3.63) is 53.4 Å². The minimum atomic E-state index is -0.508. The summed E-state index contributed by atoms with van der Waals surface area (Å²) in [5.41, 5.74) is 3.07. The second-order valence-corrected chi connectivity index (χ2v) is 9.36. The standard InChI is InChI=1S/C25H32FN7O/c1-15(2)33-17(4)27-13-22(33)23-21(26)12-28-25(30-23)29-18-7-8-20(16(3)11-18)24(34)32-10-9-19(14-32)31(5)6/h7-8,11-13,15,19H,9-10,14H2,1-6H3,(H,28,29,30)/t19-/m1/s1. The predicted octanol–water partition coefficient (Wildman–Crippen LogP) is 4.20. The molecule has 180 valence electrons. The topological polar surface area (TPSA) is 79.2 Å². The number of rotatable bonds is 6. The van der Waals surface area contributed by atoms with E-state index in [2.05, 4.69) is 25.2 Å². The van der Waals surface area contributed by atoms with Crippen LogP contribution in [0, 0.1) is 19.7 Å². The Bertz CT molecular complexity index is 1200. The highest BCUT2D eigenvalue weighted by atomic mass is 19.1. The molecule has 1 aliphatic rings. The first-order chi connectivity index (χ1) is 16.2. The Morgan fingerprint density at radius 2 is 1.97 bits per heavy atom. The van der Waals surface area contributed by atoms with Crippen LogP contribution in [0.3, 0.4) is 0 Å². The van der Waals surface area contributed by atoms with Gasteiger partial charge in [0.25, 0.3) is 5.91 Å². The Kier molecular flexibility index (Phi) is 6.65. The van der Waals surface area contributed by atoms with Crippen molar-refractivity contribution in [1.29, 1.82) is 0 Å². The normalized spacial score (nSPS) is 16.0. The van der Waals surface area contributed by atoms with Crippen molar-refractivity contribution < 1.29 is 9.18 Å². The van der Waals surface area contributed by atoms with Gasteiger partial charge in [-0.3, -0.25) is 4.79 Å². The number of aryl methyl sites for hydroxylation is 2. The van der Waals surface area contributed by atoms with Crippen molar-refractivity contribution in [2.45, 2.75) is 46.2 Å². The average molecular weight is 466 g/mol. The number of likely N-dealkylation sites (tertiary alicyclic amines) is 1. The number of imidazole rings is 1. The maximum atomic E-state index is 14.6. The molecule has 34 heavy (non-hydrogen) atoms. The zero-order valence-corrected chi connectivity index (χ0v) is 20.6. The molecule has 0 spiro atoms. The largest absolute Gasteiger partial charge is 0.337 e. The molecule has 0 radical (unpaired) electrons. The smallest absolute Gasteiger partial charge is 0.254 e. The van der Waals surface area contributed by atoms with Gasteiger partial charge in [-0.2, -0.15) is 0 Å². The lowest BCUT2D eigenvalue weighted by Gasteiger charge is -2.21. The third-order valence-corrected chi connectivity index (χ3v) is 6.38. The Labute approximate surface area is 199 Å². The van der Waals surface area contributed by atoms with Crippen molar-refractivity contribution in [2.75, 3.05) is 32.5 Å². The van der Waals surface area contributed by atoms with Crippen LogP contribution in [0.2, 0.25) is 0 Å². The first kappa shape index (κ1) is 23.8. The Morgan fingerprint density at radius 3 is 2.62 bits per heavy atom. The Balaban J connectivity index is 1.55. The molecule has 0 saturated carbocycles. The second kappa shape index (κ2) is 9.50. The summed E-state index contributed by atoms with van der Waals surface area (Å²) in [5.74, 6) is 0.609. The summed E-state index contributed by atoms with van der Waals surface area (Å²) in [7, 11) is 4.09. The molecule has 3 heterocycles. The van der Waals surface area contributed by atoms with Crippen molar-refractivity contribution in [3.8, 4) is 11.4 Å². The van der Waals surface area contributed by atoms with E-state index in [0.717, 1.165) is 42.8 Å². The molecule has 1 fully saturated rings. The van der Waals surface area contributed by atoms with Crippen molar-refractivity contribution >= 4 is 17.5 Å². The average Bonchev–Trinajstić information content (AvgIpc) is 3.42. The summed E-state index contributed by atoms with van der Waals surface area (Å²) >= 11 is 0. The second-order valence-electron chi connectivity index (χ2n) is 9.36. The lowest BCUT2D eigenvalue weighted by atomic mass is 10.1. The summed E-state index contributed by atoms with van der Waals surface area (Å²) < 4.78 is 16.6. The van der Waals surface area contributed by atoms with Gasteiger partial charge in [-0.1, -0.05) is 0 Å². The number of carbonyl (C=O) groups excluding carboxylic acids is 1. The van der Waals surface area contributed by atoms with Crippen LogP contribution in [0.1, 0.15) is 48.1 Å². The quantitative estimate of drug-likeness (QED) is 0.588. The summed E-state index contributed by atoms with van der Waals surface area (Å²) in [6.45, 7) is 9.34. The number of hydrogen-bond acceptors (Lipinski definition) is 6. The minimum Gasteiger partial charge on any atom is -0.337 e. The number of benzene rings is 1. The van der Waals surface area contributed by atoms with Gasteiger partial charge in [-0.25, -0.2) is 19.3 Å². The molecule has 1 aromatic carbocycles. The number of nitrogens with zero attached hydrogens (tertiary/aromatic N) is 6. The van der Waals surface area contributed by atoms with Gasteiger partial charge in [0.1, 0.15) is 11.5 Å². The van der Waals surface area contributed by atoms with Gasteiger partial charge in [-0.05, 0) is 72.0 Å². The minimum absolute atomic E-state index is 0.0473. The molecule has 4 rings (SSSR count). The molecule has 9 heteroatoms. The van der Waals surface area contributed by atoms with Gasteiger partial charge in [0.2, 0.25) is 5.95 Å². The summed E-state index contributed by atoms with van der Waals surface area (Å²) in [4.78, 5) is 30.0. The molecule has 3 aromatic rings. The lowest BCUT2D eigenvalue weighted by Crippen LogP contribution is -2.34. The third-order valence-electron chi connectivity index (χ3n) is 6.38. The number of likely N-dealkylation sites (N-methyl/N-ethyl adjacent to an activating group) is 1. The Morgan fingerprint density at radius 1 is 1.21 bits per heavy atom. The van der Waals surface area contributed by atoms with E-state index in [4.69, 9.17) is 0 Å². The van der Waals surface area contributed by atoms with Crippen LogP contribution in [0.15, 0.2) is 30.6 Å².